The van der Waals surface area contributed by atoms with Crippen LogP contribution in [0.25, 0.3) is 22.5 Å². The SMILES string of the molecule is COc1cc2nc(c1)C(C)(C)c1cccc(c1)-c1cc(OC)cc(n1)C(C)(C)c1cccc-2c1. The lowest BCUT2D eigenvalue weighted by Crippen LogP contribution is -2.22. The summed E-state index contributed by atoms with van der Waals surface area (Å²) in [7, 11) is 3.42. The molecule has 0 saturated carbocycles. The summed E-state index contributed by atoms with van der Waals surface area (Å²) in [6.45, 7) is 8.81. The lowest BCUT2D eigenvalue weighted by Gasteiger charge is -2.29. The molecule has 0 unspecified atom stereocenters. The van der Waals surface area contributed by atoms with Crippen molar-refractivity contribution in [1.29, 1.82) is 0 Å². The van der Waals surface area contributed by atoms with E-state index in [1.807, 2.05) is 24.3 Å². The number of pyridine rings is 2. The fourth-order valence-electron chi connectivity index (χ4n) is 4.61. The molecule has 0 atom stereocenters. The van der Waals surface area contributed by atoms with Crippen molar-refractivity contribution in [3.63, 3.8) is 0 Å². The van der Waals surface area contributed by atoms with E-state index in [0.717, 1.165) is 56.5 Å². The second-order valence-electron chi connectivity index (χ2n) is 9.97. The second kappa shape index (κ2) is 7.98. The summed E-state index contributed by atoms with van der Waals surface area (Å²) in [5.74, 6) is 1.61. The fraction of sp³-hybridized carbons (Fsp3) is 0.267. The smallest absolute Gasteiger partial charge is 0.122 e. The van der Waals surface area contributed by atoms with Gasteiger partial charge in [0.1, 0.15) is 11.5 Å². The Labute approximate surface area is 201 Å². The minimum Gasteiger partial charge on any atom is -0.497 e. The molecule has 1 aliphatic heterocycles. The van der Waals surface area contributed by atoms with Crippen molar-refractivity contribution >= 4 is 0 Å². The number of aromatic nitrogens is 2. The Kier molecular flexibility index (Phi) is 5.20. The first kappa shape index (κ1) is 22.1. The highest BCUT2D eigenvalue weighted by Crippen LogP contribution is 2.39. The Morgan fingerprint density at radius 1 is 0.559 bits per heavy atom. The van der Waals surface area contributed by atoms with Crippen LogP contribution in [0.2, 0.25) is 0 Å². The third-order valence-corrected chi connectivity index (χ3v) is 7.11. The minimum absolute atomic E-state index is 0.345. The standard InChI is InChI=1S/C30H30N2O2/c1-29(2)21-11-7-9-19(13-21)26-16-24(34-6)18-28(32-26)30(3,4)22-12-8-10-20(14-22)25-15-23(33-5)17-27(29)31-25/h7-18H,1-6H3. The van der Waals surface area contributed by atoms with Gasteiger partial charge in [-0.05, 0) is 23.3 Å². The molecule has 8 bridgehead atoms. The van der Waals surface area contributed by atoms with E-state index in [1.165, 1.54) is 0 Å². The molecule has 2 aromatic heterocycles. The molecule has 2 aromatic carbocycles. The van der Waals surface area contributed by atoms with Crippen molar-refractivity contribution in [3.8, 4) is 34.0 Å². The molecule has 4 heteroatoms. The molecule has 4 nitrogen and oxygen atoms in total. The molecule has 172 valence electrons. The van der Waals surface area contributed by atoms with E-state index < -0.39 is 0 Å². The summed E-state index contributed by atoms with van der Waals surface area (Å²) in [5, 5.41) is 0. The predicted molar refractivity (Wildman–Crippen MR) is 137 cm³/mol. The summed E-state index contributed by atoms with van der Waals surface area (Å²) in [4.78, 5) is 10.3. The molecule has 3 heterocycles. The van der Waals surface area contributed by atoms with Gasteiger partial charge in [-0.15, -0.1) is 0 Å². The molecule has 4 aromatic rings. The Morgan fingerprint density at radius 2 is 0.971 bits per heavy atom. The van der Waals surface area contributed by atoms with Crippen molar-refractivity contribution in [2.45, 2.75) is 38.5 Å². The molecule has 0 fully saturated rings. The summed E-state index contributed by atoms with van der Waals surface area (Å²) >= 11 is 0. The van der Waals surface area contributed by atoms with Crippen molar-refractivity contribution in [1.82, 2.24) is 9.97 Å². The van der Waals surface area contributed by atoms with Gasteiger partial charge in [0.05, 0.1) is 37.0 Å². The molecule has 0 N–H and O–H groups in total. The van der Waals surface area contributed by atoms with Gasteiger partial charge in [-0.3, -0.25) is 9.97 Å². The number of nitrogens with zero attached hydrogens (tertiary/aromatic N) is 2. The van der Waals surface area contributed by atoms with Gasteiger partial charge in [0.15, 0.2) is 0 Å². The van der Waals surface area contributed by atoms with Crippen LogP contribution >= 0.6 is 0 Å². The van der Waals surface area contributed by atoms with Gasteiger partial charge in [0.25, 0.3) is 0 Å². The molecule has 0 spiro atoms. The van der Waals surface area contributed by atoms with Gasteiger partial charge < -0.3 is 9.47 Å². The zero-order valence-electron chi connectivity index (χ0n) is 20.6. The Bertz CT molecular complexity index is 1280. The maximum Gasteiger partial charge on any atom is 0.122 e. The highest BCUT2D eigenvalue weighted by molar-refractivity contribution is 5.66. The van der Waals surface area contributed by atoms with Gasteiger partial charge in [0.2, 0.25) is 0 Å². The zero-order valence-corrected chi connectivity index (χ0v) is 20.6. The normalized spacial score (nSPS) is 15.2. The summed E-state index contributed by atoms with van der Waals surface area (Å²) in [6, 6.07) is 25.2. The fourth-order valence-corrected chi connectivity index (χ4v) is 4.61. The van der Waals surface area contributed by atoms with E-state index in [4.69, 9.17) is 19.4 Å². The van der Waals surface area contributed by atoms with Crippen molar-refractivity contribution in [2.75, 3.05) is 14.2 Å². The van der Waals surface area contributed by atoms with Crippen molar-refractivity contribution in [3.05, 3.63) is 95.3 Å². The molecule has 5 rings (SSSR count). The average Bonchev–Trinajstić information content (AvgIpc) is 2.87. The lowest BCUT2D eigenvalue weighted by atomic mass is 9.78. The van der Waals surface area contributed by atoms with Crippen molar-refractivity contribution in [2.24, 2.45) is 0 Å². The molecular weight excluding hydrogens is 420 g/mol. The quantitative estimate of drug-likeness (QED) is 0.337. The highest BCUT2D eigenvalue weighted by atomic mass is 16.5. The third-order valence-electron chi connectivity index (χ3n) is 7.11. The molecule has 0 amide bonds. The van der Waals surface area contributed by atoms with Gasteiger partial charge in [-0.2, -0.15) is 0 Å². The van der Waals surface area contributed by atoms with Crippen LogP contribution < -0.4 is 9.47 Å². The van der Waals surface area contributed by atoms with Crippen LogP contribution in [-0.4, -0.2) is 24.2 Å². The van der Waals surface area contributed by atoms with Crippen LogP contribution in [0.5, 0.6) is 11.5 Å². The van der Waals surface area contributed by atoms with Crippen LogP contribution in [-0.2, 0) is 10.8 Å². The number of hydrogen-bond donors (Lipinski definition) is 0. The summed E-state index contributed by atoms with van der Waals surface area (Å²) < 4.78 is 11.4. The van der Waals surface area contributed by atoms with Crippen molar-refractivity contribution < 1.29 is 9.47 Å². The topological polar surface area (TPSA) is 44.2 Å². The first-order chi connectivity index (χ1) is 16.2. The number of fused-ring (bicyclic) bond motifs is 10. The molecule has 0 radical (unpaired) electrons. The van der Waals surface area contributed by atoms with Crippen LogP contribution in [0.1, 0.15) is 50.2 Å². The minimum atomic E-state index is -0.345. The lowest BCUT2D eigenvalue weighted by molar-refractivity contribution is 0.412. The van der Waals surface area contributed by atoms with Crippen LogP contribution in [0, 0.1) is 0 Å². The van der Waals surface area contributed by atoms with Gasteiger partial charge >= 0.3 is 0 Å². The van der Waals surface area contributed by atoms with E-state index in [2.05, 4.69) is 76.2 Å². The molecule has 1 aliphatic rings. The van der Waals surface area contributed by atoms with Gasteiger partial charge in [-0.1, -0.05) is 64.1 Å². The molecule has 0 aliphatic carbocycles. The first-order valence-electron chi connectivity index (χ1n) is 11.6. The first-order valence-corrected chi connectivity index (χ1v) is 11.6. The second-order valence-corrected chi connectivity index (χ2v) is 9.97. The highest BCUT2D eigenvalue weighted by Gasteiger charge is 2.30. The number of hydrogen-bond acceptors (Lipinski definition) is 4. The van der Waals surface area contributed by atoms with E-state index in [-0.39, 0.29) is 10.8 Å². The maximum atomic E-state index is 5.70. The Hall–Kier alpha value is -3.66. The average molecular weight is 451 g/mol. The molecule has 0 saturated heterocycles. The predicted octanol–water partition coefficient (Wildman–Crippen LogP) is 6.79. The molecule has 34 heavy (non-hydrogen) atoms. The monoisotopic (exact) mass is 450 g/mol. The third kappa shape index (κ3) is 3.63. The number of rotatable bonds is 2. The number of ether oxygens (including phenoxy) is 2. The summed E-state index contributed by atoms with van der Waals surface area (Å²) in [6.07, 6.45) is 0. The number of methoxy groups -OCH3 is 2. The zero-order chi connectivity index (χ0) is 24.1. The van der Waals surface area contributed by atoms with Gasteiger partial charge in [0, 0.05) is 46.2 Å². The maximum absolute atomic E-state index is 5.70. The Morgan fingerprint density at radius 3 is 1.35 bits per heavy atom. The van der Waals surface area contributed by atoms with Crippen LogP contribution in [0.3, 0.4) is 0 Å². The van der Waals surface area contributed by atoms with E-state index in [0.29, 0.717) is 0 Å². The van der Waals surface area contributed by atoms with E-state index in [9.17, 15) is 0 Å². The molecular formula is C30H30N2O2. The summed E-state index contributed by atoms with van der Waals surface area (Å²) in [5.41, 5.74) is 7.44. The van der Waals surface area contributed by atoms with E-state index in [1.54, 1.807) is 14.2 Å². The Balaban J connectivity index is 1.88. The van der Waals surface area contributed by atoms with Gasteiger partial charge in [-0.25, -0.2) is 0 Å². The van der Waals surface area contributed by atoms with Crippen LogP contribution in [0.15, 0.2) is 72.8 Å². The number of benzene rings is 2. The largest absolute Gasteiger partial charge is 0.497 e. The van der Waals surface area contributed by atoms with E-state index >= 15 is 0 Å². The van der Waals surface area contributed by atoms with Crippen LogP contribution in [0.4, 0.5) is 0 Å².